The summed E-state index contributed by atoms with van der Waals surface area (Å²) in [5, 5.41) is 4.03. The number of aromatic nitrogens is 1. The molecule has 0 spiro atoms. The average Bonchev–Trinajstić information content (AvgIpc) is 3.12. The number of halogens is 1. The normalized spacial score (nSPS) is 12.7. The monoisotopic (exact) mass is 377 g/mol. The van der Waals surface area contributed by atoms with Crippen LogP contribution in [0.3, 0.4) is 0 Å². The summed E-state index contributed by atoms with van der Waals surface area (Å²) < 4.78 is 0. The molecule has 0 bridgehead atoms. The van der Waals surface area contributed by atoms with Gasteiger partial charge in [-0.15, -0.1) is 0 Å². The molecule has 0 saturated heterocycles. The van der Waals surface area contributed by atoms with Crippen molar-refractivity contribution in [1.82, 2.24) is 4.98 Å². The minimum absolute atomic E-state index is 0.00192. The first-order chi connectivity index (χ1) is 13.2. The number of fused-ring (bicyclic) bond motifs is 1. The molecule has 27 heavy (non-hydrogen) atoms. The van der Waals surface area contributed by atoms with E-state index in [1.54, 1.807) is 6.20 Å². The van der Waals surface area contributed by atoms with Crippen LogP contribution in [0.15, 0.2) is 66.9 Å². The molecule has 136 valence electrons. The topological polar surface area (TPSA) is 45.2 Å². The Bertz CT molecular complexity index is 956. The lowest BCUT2D eigenvalue weighted by molar-refractivity contribution is 0.0989. The quantitative estimate of drug-likeness (QED) is 0.707. The van der Waals surface area contributed by atoms with E-state index in [-0.39, 0.29) is 5.91 Å². The highest BCUT2D eigenvalue weighted by Gasteiger charge is 2.25. The van der Waals surface area contributed by atoms with Crippen LogP contribution >= 0.6 is 11.6 Å². The van der Waals surface area contributed by atoms with Gasteiger partial charge in [-0.25, -0.2) is 4.98 Å². The van der Waals surface area contributed by atoms with Crippen LogP contribution in [-0.4, -0.2) is 24.0 Å². The lowest BCUT2D eigenvalue weighted by Crippen LogP contribution is -2.28. The van der Waals surface area contributed by atoms with E-state index < -0.39 is 0 Å². The summed E-state index contributed by atoms with van der Waals surface area (Å²) in [6, 6.07) is 19.6. The van der Waals surface area contributed by atoms with Crippen molar-refractivity contribution in [2.45, 2.75) is 12.8 Å². The molecule has 4 rings (SSSR count). The van der Waals surface area contributed by atoms with E-state index in [0.29, 0.717) is 5.56 Å². The Balaban J connectivity index is 1.37. The molecule has 2 heterocycles. The zero-order valence-electron chi connectivity index (χ0n) is 14.9. The van der Waals surface area contributed by atoms with Gasteiger partial charge >= 0.3 is 0 Å². The van der Waals surface area contributed by atoms with Gasteiger partial charge in [0.15, 0.2) is 0 Å². The lowest BCUT2D eigenvalue weighted by atomic mass is 10.1. The molecule has 0 unspecified atom stereocenters. The number of carbonyl (C=O) groups is 1. The lowest BCUT2D eigenvalue weighted by Gasteiger charge is -2.17. The summed E-state index contributed by atoms with van der Waals surface area (Å²) in [6.07, 6.45) is 3.40. The van der Waals surface area contributed by atoms with Gasteiger partial charge in [0, 0.05) is 30.0 Å². The molecule has 0 saturated carbocycles. The Kier molecular flexibility index (Phi) is 5.07. The third kappa shape index (κ3) is 3.96. The zero-order chi connectivity index (χ0) is 18.6. The maximum atomic E-state index is 12.8. The highest BCUT2D eigenvalue weighted by Crippen LogP contribution is 2.28. The molecule has 1 amide bonds. The molecule has 5 heteroatoms. The summed E-state index contributed by atoms with van der Waals surface area (Å²) in [4.78, 5) is 19.0. The number of hydrogen-bond donors (Lipinski definition) is 1. The van der Waals surface area contributed by atoms with Crippen LogP contribution in [0.5, 0.6) is 0 Å². The molecular weight excluding hydrogens is 358 g/mol. The van der Waals surface area contributed by atoms with E-state index in [9.17, 15) is 4.79 Å². The van der Waals surface area contributed by atoms with Gasteiger partial charge in [0.1, 0.15) is 5.82 Å². The van der Waals surface area contributed by atoms with Gasteiger partial charge in [0.05, 0.1) is 5.56 Å². The first kappa shape index (κ1) is 17.6. The van der Waals surface area contributed by atoms with Crippen molar-refractivity contribution in [2.75, 3.05) is 23.3 Å². The largest absolute Gasteiger partial charge is 0.370 e. The Hall–Kier alpha value is -2.85. The number of amides is 1. The molecule has 1 N–H and O–H groups in total. The fourth-order valence-corrected chi connectivity index (χ4v) is 3.57. The summed E-state index contributed by atoms with van der Waals surface area (Å²) in [5.41, 5.74) is 4.01. The molecule has 2 aromatic carbocycles. The van der Waals surface area contributed by atoms with Crippen molar-refractivity contribution in [1.29, 1.82) is 0 Å². The number of rotatable bonds is 5. The van der Waals surface area contributed by atoms with Crippen LogP contribution in [0.1, 0.15) is 21.5 Å². The summed E-state index contributed by atoms with van der Waals surface area (Å²) in [6.45, 7) is 1.47. The molecule has 0 fully saturated rings. The van der Waals surface area contributed by atoms with Gasteiger partial charge in [-0.05, 0) is 54.3 Å². The van der Waals surface area contributed by atoms with E-state index in [0.717, 1.165) is 42.5 Å². The molecule has 0 aliphatic carbocycles. The van der Waals surface area contributed by atoms with Crippen LogP contribution in [-0.2, 0) is 12.8 Å². The Morgan fingerprint density at radius 1 is 1.11 bits per heavy atom. The van der Waals surface area contributed by atoms with Gasteiger partial charge in [0.2, 0.25) is 0 Å². The van der Waals surface area contributed by atoms with Crippen molar-refractivity contribution in [3.63, 3.8) is 0 Å². The number of carbonyl (C=O) groups excluding carboxylic acids is 1. The molecule has 1 aromatic heterocycles. The van der Waals surface area contributed by atoms with Crippen LogP contribution in [0.25, 0.3) is 0 Å². The van der Waals surface area contributed by atoms with Gasteiger partial charge in [-0.1, -0.05) is 41.9 Å². The highest BCUT2D eigenvalue weighted by atomic mass is 35.5. The van der Waals surface area contributed by atoms with Gasteiger partial charge in [-0.3, -0.25) is 4.79 Å². The summed E-state index contributed by atoms with van der Waals surface area (Å²) in [5.74, 6) is 0.758. The van der Waals surface area contributed by atoms with Crippen LogP contribution < -0.4 is 10.2 Å². The Labute approximate surface area is 163 Å². The van der Waals surface area contributed by atoms with E-state index in [1.807, 2.05) is 53.4 Å². The molecule has 4 nitrogen and oxygen atoms in total. The van der Waals surface area contributed by atoms with E-state index >= 15 is 0 Å². The predicted molar refractivity (Wildman–Crippen MR) is 110 cm³/mol. The van der Waals surface area contributed by atoms with Crippen molar-refractivity contribution in [3.05, 3.63) is 88.6 Å². The third-order valence-corrected chi connectivity index (χ3v) is 4.99. The number of para-hydroxylation sites is 1. The van der Waals surface area contributed by atoms with Crippen molar-refractivity contribution in [2.24, 2.45) is 0 Å². The predicted octanol–water partition coefficient (Wildman–Crippen LogP) is 4.59. The first-order valence-corrected chi connectivity index (χ1v) is 9.43. The van der Waals surface area contributed by atoms with Crippen LogP contribution in [0.4, 0.5) is 11.5 Å². The highest BCUT2D eigenvalue weighted by molar-refractivity contribution is 6.30. The van der Waals surface area contributed by atoms with E-state index in [2.05, 4.69) is 22.4 Å². The SMILES string of the molecule is O=C(c1ccc(NCCc2cccc(Cl)c2)nc1)N1CCc2ccccc21. The fourth-order valence-electron chi connectivity index (χ4n) is 3.36. The minimum Gasteiger partial charge on any atom is -0.370 e. The van der Waals surface area contributed by atoms with Gasteiger partial charge < -0.3 is 10.2 Å². The summed E-state index contributed by atoms with van der Waals surface area (Å²) in [7, 11) is 0. The van der Waals surface area contributed by atoms with E-state index in [4.69, 9.17) is 11.6 Å². The third-order valence-electron chi connectivity index (χ3n) is 4.75. The fraction of sp³-hybridized carbons (Fsp3) is 0.182. The second-order valence-corrected chi connectivity index (χ2v) is 7.01. The number of pyridine rings is 1. The number of hydrogen-bond acceptors (Lipinski definition) is 3. The number of benzene rings is 2. The maximum Gasteiger partial charge on any atom is 0.259 e. The van der Waals surface area contributed by atoms with E-state index in [1.165, 1.54) is 11.1 Å². The molecule has 1 aliphatic rings. The van der Waals surface area contributed by atoms with Crippen molar-refractivity contribution >= 4 is 29.0 Å². The standard InChI is InChI=1S/C22H20ClN3O/c23-19-6-3-4-16(14-19)10-12-24-21-9-8-18(15-25-21)22(27)26-13-11-17-5-1-2-7-20(17)26/h1-9,14-15H,10-13H2,(H,24,25). The zero-order valence-corrected chi connectivity index (χ0v) is 15.6. The number of anilines is 2. The van der Waals surface area contributed by atoms with Crippen LogP contribution in [0.2, 0.25) is 5.02 Å². The van der Waals surface area contributed by atoms with Crippen LogP contribution in [0, 0.1) is 0 Å². The second-order valence-electron chi connectivity index (χ2n) is 6.57. The maximum absolute atomic E-state index is 12.8. The first-order valence-electron chi connectivity index (χ1n) is 9.05. The second kappa shape index (κ2) is 7.80. The Morgan fingerprint density at radius 3 is 2.81 bits per heavy atom. The van der Waals surface area contributed by atoms with Crippen molar-refractivity contribution < 1.29 is 4.79 Å². The molecule has 3 aromatic rings. The smallest absolute Gasteiger partial charge is 0.259 e. The summed E-state index contributed by atoms with van der Waals surface area (Å²) >= 11 is 6.00. The molecule has 0 radical (unpaired) electrons. The van der Waals surface area contributed by atoms with Gasteiger partial charge in [0.25, 0.3) is 5.91 Å². The van der Waals surface area contributed by atoms with Gasteiger partial charge in [-0.2, -0.15) is 0 Å². The minimum atomic E-state index is -0.00192. The molecule has 0 atom stereocenters. The number of nitrogens with zero attached hydrogens (tertiary/aromatic N) is 2. The number of nitrogens with one attached hydrogen (secondary N) is 1. The Morgan fingerprint density at radius 2 is 2.00 bits per heavy atom. The molecular formula is C22H20ClN3O. The van der Waals surface area contributed by atoms with Crippen molar-refractivity contribution in [3.8, 4) is 0 Å². The molecule has 1 aliphatic heterocycles. The average molecular weight is 378 g/mol.